The third kappa shape index (κ3) is 4.06. The molecule has 1 N–H and O–H groups in total. The average Bonchev–Trinajstić information content (AvgIpc) is 2.33. The SMILES string of the molecule is Cc1c(CN2CCN[C@@H](C)C2)cc(Cl)cc1[N+](=O)[O-].Cl. The van der Waals surface area contributed by atoms with E-state index in [2.05, 4.69) is 17.1 Å². The first kappa shape index (κ1) is 17.2. The Labute approximate surface area is 129 Å². The van der Waals surface area contributed by atoms with Crippen LogP contribution in [-0.4, -0.2) is 35.5 Å². The summed E-state index contributed by atoms with van der Waals surface area (Å²) in [4.78, 5) is 12.9. The predicted octanol–water partition coefficient (Wildman–Crippen LogP) is 2.77. The van der Waals surface area contributed by atoms with Gasteiger partial charge < -0.3 is 5.32 Å². The molecule has 1 aromatic carbocycles. The fraction of sp³-hybridized carbons (Fsp3) is 0.538. The number of halogens is 2. The van der Waals surface area contributed by atoms with E-state index in [4.69, 9.17) is 11.6 Å². The van der Waals surface area contributed by atoms with Crippen LogP contribution in [0.1, 0.15) is 18.1 Å². The van der Waals surface area contributed by atoms with E-state index < -0.39 is 0 Å². The number of nitrogens with zero attached hydrogens (tertiary/aromatic N) is 2. The zero-order chi connectivity index (χ0) is 14.0. The van der Waals surface area contributed by atoms with Crippen LogP contribution in [0.4, 0.5) is 5.69 Å². The number of hydrogen-bond donors (Lipinski definition) is 1. The zero-order valence-electron chi connectivity index (χ0n) is 11.6. The monoisotopic (exact) mass is 319 g/mol. The third-order valence-electron chi connectivity index (χ3n) is 3.50. The highest BCUT2D eigenvalue weighted by Crippen LogP contribution is 2.27. The van der Waals surface area contributed by atoms with E-state index in [1.54, 1.807) is 6.92 Å². The molecule has 0 aromatic heterocycles. The van der Waals surface area contributed by atoms with Crippen LogP contribution in [0.25, 0.3) is 0 Å². The second kappa shape index (κ2) is 7.22. The van der Waals surface area contributed by atoms with Gasteiger partial charge in [0.2, 0.25) is 0 Å². The molecule has 7 heteroatoms. The van der Waals surface area contributed by atoms with Crippen molar-refractivity contribution in [1.29, 1.82) is 0 Å². The molecule has 5 nitrogen and oxygen atoms in total. The highest BCUT2D eigenvalue weighted by Gasteiger charge is 2.20. The maximum Gasteiger partial charge on any atom is 0.274 e. The quantitative estimate of drug-likeness (QED) is 0.687. The van der Waals surface area contributed by atoms with Crippen molar-refractivity contribution < 1.29 is 4.92 Å². The van der Waals surface area contributed by atoms with Crippen molar-refractivity contribution in [2.75, 3.05) is 19.6 Å². The van der Waals surface area contributed by atoms with Crippen LogP contribution in [-0.2, 0) is 6.54 Å². The first-order chi connectivity index (χ1) is 8.97. The van der Waals surface area contributed by atoms with Crippen molar-refractivity contribution in [3.05, 3.63) is 38.4 Å². The topological polar surface area (TPSA) is 58.4 Å². The highest BCUT2D eigenvalue weighted by molar-refractivity contribution is 6.30. The molecule has 0 radical (unpaired) electrons. The molecule has 112 valence electrons. The number of hydrogen-bond acceptors (Lipinski definition) is 4. The number of piperazine rings is 1. The van der Waals surface area contributed by atoms with Crippen molar-refractivity contribution in [2.24, 2.45) is 0 Å². The molecule has 1 heterocycles. The summed E-state index contributed by atoms with van der Waals surface area (Å²) in [6.45, 7) is 7.47. The van der Waals surface area contributed by atoms with Gasteiger partial charge in [0.25, 0.3) is 5.69 Å². The van der Waals surface area contributed by atoms with Gasteiger partial charge in [-0.3, -0.25) is 15.0 Å². The minimum atomic E-state index is -0.370. The standard InChI is InChI=1S/C13H18ClN3O2.ClH/c1-9-7-16(4-3-15-9)8-11-5-12(14)6-13(10(11)2)17(18)19;/h5-6,9,15H,3-4,7-8H2,1-2H3;1H/t9-;/m0./s1. The molecular weight excluding hydrogens is 301 g/mol. The highest BCUT2D eigenvalue weighted by atomic mass is 35.5. The second-order valence-corrected chi connectivity index (χ2v) is 5.49. The van der Waals surface area contributed by atoms with Gasteiger partial charge in [-0.2, -0.15) is 0 Å². The van der Waals surface area contributed by atoms with Gasteiger partial charge in [-0.25, -0.2) is 0 Å². The van der Waals surface area contributed by atoms with Crippen LogP contribution in [0.2, 0.25) is 5.02 Å². The van der Waals surface area contributed by atoms with Gasteiger partial charge in [0, 0.05) is 48.9 Å². The molecular formula is C13H19Cl2N3O2. The first-order valence-electron chi connectivity index (χ1n) is 6.36. The van der Waals surface area contributed by atoms with E-state index in [1.165, 1.54) is 6.07 Å². The molecule has 1 fully saturated rings. The Balaban J connectivity index is 0.00000200. The Morgan fingerprint density at radius 1 is 1.55 bits per heavy atom. The van der Waals surface area contributed by atoms with Gasteiger partial charge in [-0.15, -0.1) is 12.4 Å². The van der Waals surface area contributed by atoms with Crippen molar-refractivity contribution >= 4 is 29.7 Å². The van der Waals surface area contributed by atoms with Gasteiger partial charge in [-0.1, -0.05) is 11.6 Å². The molecule has 0 saturated carbocycles. The summed E-state index contributed by atoms with van der Waals surface area (Å²) in [5.74, 6) is 0. The van der Waals surface area contributed by atoms with Crippen LogP contribution in [0.5, 0.6) is 0 Å². The fourth-order valence-electron chi connectivity index (χ4n) is 2.47. The molecule has 20 heavy (non-hydrogen) atoms. The Bertz CT molecular complexity index is 497. The van der Waals surface area contributed by atoms with Crippen LogP contribution in [0, 0.1) is 17.0 Å². The summed E-state index contributed by atoms with van der Waals surface area (Å²) in [5, 5.41) is 14.8. The summed E-state index contributed by atoms with van der Waals surface area (Å²) in [5.41, 5.74) is 1.75. The fourth-order valence-corrected chi connectivity index (χ4v) is 2.71. The smallest absolute Gasteiger partial charge is 0.274 e. The Kier molecular flexibility index (Phi) is 6.20. The van der Waals surface area contributed by atoms with Crippen molar-refractivity contribution in [3.8, 4) is 0 Å². The van der Waals surface area contributed by atoms with Gasteiger partial charge >= 0.3 is 0 Å². The lowest BCUT2D eigenvalue weighted by Crippen LogP contribution is -2.48. The van der Waals surface area contributed by atoms with E-state index >= 15 is 0 Å². The number of nitro groups is 1. The van der Waals surface area contributed by atoms with E-state index in [0.717, 1.165) is 25.2 Å². The van der Waals surface area contributed by atoms with Gasteiger partial charge in [-0.05, 0) is 25.5 Å². The third-order valence-corrected chi connectivity index (χ3v) is 3.71. The largest absolute Gasteiger partial charge is 0.312 e. The minimum absolute atomic E-state index is 0. The summed E-state index contributed by atoms with van der Waals surface area (Å²) < 4.78 is 0. The molecule has 1 aliphatic rings. The molecule has 1 aliphatic heterocycles. The molecule has 0 spiro atoms. The number of nitrogens with one attached hydrogen (secondary N) is 1. The number of rotatable bonds is 3. The minimum Gasteiger partial charge on any atom is -0.312 e. The van der Waals surface area contributed by atoms with Crippen LogP contribution in [0.3, 0.4) is 0 Å². The molecule has 1 atom stereocenters. The van der Waals surface area contributed by atoms with Gasteiger partial charge in [0.1, 0.15) is 0 Å². The molecule has 2 rings (SSSR count). The molecule has 0 amide bonds. The van der Waals surface area contributed by atoms with Crippen molar-refractivity contribution in [3.63, 3.8) is 0 Å². The van der Waals surface area contributed by atoms with Crippen LogP contribution in [0.15, 0.2) is 12.1 Å². The summed E-state index contributed by atoms with van der Waals surface area (Å²) in [6.07, 6.45) is 0. The maximum atomic E-state index is 11.0. The van der Waals surface area contributed by atoms with Crippen molar-refractivity contribution in [2.45, 2.75) is 26.4 Å². The van der Waals surface area contributed by atoms with Crippen molar-refractivity contribution in [1.82, 2.24) is 10.2 Å². The number of benzene rings is 1. The first-order valence-corrected chi connectivity index (χ1v) is 6.74. The Hall–Kier alpha value is -0.880. The average molecular weight is 320 g/mol. The molecule has 0 unspecified atom stereocenters. The lowest BCUT2D eigenvalue weighted by atomic mass is 10.1. The second-order valence-electron chi connectivity index (χ2n) is 5.06. The predicted molar refractivity (Wildman–Crippen MR) is 82.8 cm³/mol. The van der Waals surface area contributed by atoms with E-state index in [9.17, 15) is 10.1 Å². The lowest BCUT2D eigenvalue weighted by molar-refractivity contribution is -0.385. The molecule has 1 aromatic rings. The molecule has 0 aliphatic carbocycles. The van der Waals surface area contributed by atoms with E-state index in [0.29, 0.717) is 23.2 Å². The molecule has 1 saturated heterocycles. The van der Waals surface area contributed by atoms with E-state index in [1.807, 2.05) is 6.07 Å². The molecule has 0 bridgehead atoms. The summed E-state index contributed by atoms with van der Waals surface area (Å²) in [6, 6.07) is 3.69. The summed E-state index contributed by atoms with van der Waals surface area (Å²) in [7, 11) is 0. The van der Waals surface area contributed by atoms with Crippen LogP contribution < -0.4 is 5.32 Å². The van der Waals surface area contributed by atoms with Crippen LogP contribution >= 0.6 is 24.0 Å². The lowest BCUT2D eigenvalue weighted by Gasteiger charge is -2.32. The number of nitro benzene ring substituents is 1. The zero-order valence-corrected chi connectivity index (χ0v) is 13.1. The van der Waals surface area contributed by atoms with Gasteiger partial charge in [0.15, 0.2) is 0 Å². The van der Waals surface area contributed by atoms with E-state index in [-0.39, 0.29) is 23.0 Å². The summed E-state index contributed by atoms with van der Waals surface area (Å²) >= 11 is 5.98. The Morgan fingerprint density at radius 3 is 2.85 bits per heavy atom. The maximum absolute atomic E-state index is 11.0. The Morgan fingerprint density at radius 2 is 2.25 bits per heavy atom. The normalized spacial score (nSPS) is 19.4. The van der Waals surface area contributed by atoms with Gasteiger partial charge in [0.05, 0.1) is 4.92 Å².